The number of benzene rings is 4. The van der Waals surface area contributed by atoms with Crippen LogP contribution in [-0.2, 0) is 6.42 Å². The Kier molecular flexibility index (Phi) is 5.91. The van der Waals surface area contributed by atoms with Gasteiger partial charge in [-0.05, 0) is 0 Å². The first-order valence-electron chi connectivity index (χ1n) is 10.4. The maximum atomic E-state index is 6.24. The Bertz CT molecular complexity index is 1270. The van der Waals surface area contributed by atoms with Gasteiger partial charge in [-0.1, -0.05) is 0 Å². The van der Waals surface area contributed by atoms with Gasteiger partial charge in [-0.3, -0.25) is 0 Å². The molecule has 0 amide bonds. The zero-order chi connectivity index (χ0) is 21.0. The molecule has 0 aliphatic carbocycles. The van der Waals surface area contributed by atoms with E-state index in [1.165, 1.54) is 42.3 Å². The Balaban J connectivity index is 1.80. The van der Waals surface area contributed by atoms with Gasteiger partial charge in [0.05, 0.1) is 0 Å². The van der Waals surface area contributed by atoms with Crippen LogP contribution in [0, 0.1) is 0 Å². The molecule has 0 atom stereocenters. The van der Waals surface area contributed by atoms with Crippen LogP contribution in [-0.4, -0.2) is 14.5 Å². The van der Waals surface area contributed by atoms with Crippen molar-refractivity contribution in [1.82, 2.24) is 0 Å². The number of hydrogen-bond donors (Lipinski definition) is 0. The minimum absolute atomic E-state index is 0.210. The fraction of sp³-hybridized carbons (Fsp3) is 0.0345. The van der Waals surface area contributed by atoms with E-state index in [0.717, 1.165) is 11.4 Å². The summed E-state index contributed by atoms with van der Waals surface area (Å²) in [6.07, 6.45) is 0.918. The summed E-state index contributed by atoms with van der Waals surface area (Å²) in [5.41, 5.74) is 8.00. The Labute approximate surface area is 194 Å². The van der Waals surface area contributed by atoms with E-state index < -0.39 is 0 Å². The summed E-state index contributed by atoms with van der Waals surface area (Å²) in [5, 5.41) is 0.769. The van der Waals surface area contributed by atoms with E-state index in [4.69, 9.17) is 11.6 Å². The van der Waals surface area contributed by atoms with E-state index in [9.17, 15) is 0 Å². The molecule has 4 aromatic carbocycles. The molecule has 1 aromatic heterocycles. The van der Waals surface area contributed by atoms with Crippen LogP contribution in [0.3, 0.4) is 0 Å². The molecule has 0 radical (unpaired) electrons. The van der Waals surface area contributed by atoms with Gasteiger partial charge in [-0.15, -0.1) is 0 Å². The summed E-state index contributed by atoms with van der Waals surface area (Å²) in [5.74, 6) is 0. The SMILES string of the molecule is Clc1ccc(-c2c(-c3ccccc3)[se]c(-c3ccccc3)c2Cc2ccccc2)cc1. The molecule has 2 heteroatoms. The molecule has 0 N–H and O–H groups in total. The van der Waals surface area contributed by atoms with E-state index in [0.29, 0.717) is 0 Å². The van der Waals surface area contributed by atoms with Crippen molar-refractivity contribution in [3.05, 3.63) is 131 Å². The Morgan fingerprint density at radius 3 is 1.61 bits per heavy atom. The van der Waals surface area contributed by atoms with Crippen molar-refractivity contribution in [2.75, 3.05) is 0 Å². The Morgan fingerprint density at radius 1 is 0.516 bits per heavy atom. The maximum absolute atomic E-state index is 6.24. The third-order valence-electron chi connectivity index (χ3n) is 5.44. The molecule has 0 aliphatic rings. The van der Waals surface area contributed by atoms with E-state index in [2.05, 4.69) is 103 Å². The topological polar surface area (TPSA) is 0 Å². The van der Waals surface area contributed by atoms with Crippen molar-refractivity contribution < 1.29 is 0 Å². The van der Waals surface area contributed by atoms with E-state index >= 15 is 0 Å². The molecule has 5 rings (SSSR count). The molecule has 0 spiro atoms. The molecule has 31 heavy (non-hydrogen) atoms. The predicted octanol–water partition coefficient (Wildman–Crippen LogP) is 7.99. The Hall–Kier alpha value is -2.83. The Morgan fingerprint density at radius 2 is 1.03 bits per heavy atom. The van der Waals surface area contributed by atoms with Crippen molar-refractivity contribution in [2.45, 2.75) is 6.42 Å². The average Bonchev–Trinajstić information content (AvgIpc) is 3.20. The van der Waals surface area contributed by atoms with Crippen molar-refractivity contribution in [3.8, 4) is 31.1 Å². The first-order valence-corrected chi connectivity index (χ1v) is 12.4. The van der Waals surface area contributed by atoms with Gasteiger partial charge >= 0.3 is 195 Å². The van der Waals surface area contributed by atoms with Gasteiger partial charge in [0.25, 0.3) is 0 Å². The van der Waals surface area contributed by atoms with Gasteiger partial charge in [0.15, 0.2) is 0 Å². The summed E-state index contributed by atoms with van der Waals surface area (Å²) in [6.45, 7) is 0. The third-order valence-corrected chi connectivity index (χ3v) is 8.48. The monoisotopic (exact) mass is 484 g/mol. The predicted molar refractivity (Wildman–Crippen MR) is 134 cm³/mol. The first kappa shape index (κ1) is 20.1. The molecule has 0 nitrogen and oxygen atoms in total. The number of hydrogen-bond acceptors (Lipinski definition) is 0. The van der Waals surface area contributed by atoms with E-state index in [1.807, 2.05) is 12.1 Å². The van der Waals surface area contributed by atoms with Crippen LogP contribution >= 0.6 is 11.6 Å². The molecule has 5 aromatic rings. The molecular weight excluding hydrogens is 463 g/mol. The molecular formula is C29H21ClSe. The number of rotatable bonds is 5. The second-order valence-corrected chi connectivity index (χ2v) is 10.1. The molecule has 0 fully saturated rings. The summed E-state index contributed by atoms with van der Waals surface area (Å²) in [7, 11) is 0. The summed E-state index contributed by atoms with van der Waals surface area (Å²) in [4.78, 5) is 0. The zero-order valence-electron chi connectivity index (χ0n) is 17.0. The van der Waals surface area contributed by atoms with Crippen molar-refractivity contribution >= 4 is 26.1 Å². The molecule has 0 unspecified atom stereocenters. The van der Waals surface area contributed by atoms with Gasteiger partial charge in [0.2, 0.25) is 0 Å². The minimum atomic E-state index is 0.210. The van der Waals surface area contributed by atoms with Crippen LogP contribution in [0.15, 0.2) is 115 Å². The molecule has 0 saturated carbocycles. The van der Waals surface area contributed by atoms with Crippen LogP contribution in [0.25, 0.3) is 31.1 Å². The molecule has 0 bridgehead atoms. The average molecular weight is 484 g/mol. The van der Waals surface area contributed by atoms with E-state index in [-0.39, 0.29) is 14.5 Å². The third kappa shape index (κ3) is 4.31. The first-order chi connectivity index (χ1) is 15.3. The van der Waals surface area contributed by atoms with Crippen LogP contribution in [0.1, 0.15) is 11.1 Å². The summed E-state index contributed by atoms with van der Waals surface area (Å²) >= 11 is 6.45. The molecule has 150 valence electrons. The standard InChI is InChI=1S/C29H21ClSe/c30-25-18-16-22(17-19-25)27-26(20-21-10-4-1-5-11-21)28(23-12-6-2-7-13-23)31-29(27)24-14-8-3-9-15-24/h1-19H,20H2. The van der Waals surface area contributed by atoms with Gasteiger partial charge in [0, 0.05) is 0 Å². The second-order valence-electron chi connectivity index (χ2n) is 7.52. The second kappa shape index (κ2) is 9.12. The summed E-state index contributed by atoms with van der Waals surface area (Å²) in [6, 6.07) is 40.8. The van der Waals surface area contributed by atoms with Crippen LogP contribution in [0.2, 0.25) is 5.02 Å². The van der Waals surface area contributed by atoms with Crippen molar-refractivity contribution in [2.24, 2.45) is 0 Å². The fourth-order valence-electron chi connectivity index (χ4n) is 3.97. The number of halogens is 1. The van der Waals surface area contributed by atoms with Crippen LogP contribution in [0.4, 0.5) is 0 Å². The molecule has 0 saturated heterocycles. The normalized spacial score (nSPS) is 10.9. The van der Waals surface area contributed by atoms with Crippen LogP contribution in [0.5, 0.6) is 0 Å². The van der Waals surface area contributed by atoms with Gasteiger partial charge in [-0.2, -0.15) is 0 Å². The zero-order valence-corrected chi connectivity index (χ0v) is 19.4. The summed E-state index contributed by atoms with van der Waals surface area (Å²) < 4.78 is 2.92. The van der Waals surface area contributed by atoms with Gasteiger partial charge in [-0.25, -0.2) is 0 Å². The van der Waals surface area contributed by atoms with Crippen molar-refractivity contribution in [3.63, 3.8) is 0 Å². The molecule has 0 aliphatic heterocycles. The quantitative estimate of drug-likeness (QED) is 0.222. The molecule has 1 heterocycles. The van der Waals surface area contributed by atoms with Crippen molar-refractivity contribution in [1.29, 1.82) is 0 Å². The van der Waals surface area contributed by atoms with Gasteiger partial charge < -0.3 is 0 Å². The van der Waals surface area contributed by atoms with Crippen LogP contribution < -0.4 is 0 Å². The van der Waals surface area contributed by atoms with Gasteiger partial charge in [0.1, 0.15) is 0 Å². The fourth-order valence-corrected chi connectivity index (χ4v) is 6.93. The van der Waals surface area contributed by atoms with E-state index in [1.54, 1.807) is 0 Å².